The van der Waals surface area contributed by atoms with Gasteiger partial charge < -0.3 is 39.7 Å². The Morgan fingerprint density at radius 2 is 2.02 bits per heavy atom. The van der Waals surface area contributed by atoms with Gasteiger partial charge in [0.25, 0.3) is 5.56 Å². The Morgan fingerprint density at radius 3 is 2.80 bits per heavy atom. The zero-order chi connectivity index (χ0) is 28.7. The van der Waals surface area contributed by atoms with E-state index in [0.717, 1.165) is 52.3 Å². The highest BCUT2D eigenvalue weighted by atomic mass is 79.9. The number of H-pyrrole nitrogens is 2. The number of fused-ring (bicyclic) bond motifs is 2. The first-order valence-electron chi connectivity index (χ1n) is 13.7. The molecule has 0 amide bonds. The van der Waals surface area contributed by atoms with Gasteiger partial charge in [0.05, 0.1) is 21.2 Å². The predicted molar refractivity (Wildman–Crippen MR) is 164 cm³/mol. The van der Waals surface area contributed by atoms with Gasteiger partial charge in [-0.25, -0.2) is 4.98 Å². The number of piperidine rings is 1. The fourth-order valence-electron chi connectivity index (χ4n) is 5.45. The Balaban J connectivity index is 1.22. The zero-order valence-corrected chi connectivity index (χ0v) is 24.5. The molecule has 2 aromatic carbocycles. The number of aromatic amines is 2. The summed E-state index contributed by atoms with van der Waals surface area (Å²) in [6.07, 6.45) is 4.71. The van der Waals surface area contributed by atoms with E-state index in [1.54, 1.807) is 12.3 Å². The first kappa shape index (κ1) is 27.4. The maximum absolute atomic E-state index is 12.9. The normalized spacial score (nSPS) is 15.5. The number of hydrogen-bond donors (Lipinski definition) is 5. The molecule has 41 heavy (non-hydrogen) atoms. The van der Waals surface area contributed by atoms with E-state index in [0.29, 0.717) is 28.3 Å². The van der Waals surface area contributed by atoms with Crippen molar-refractivity contribution in [1.82, 2.24) is 24.4 Å². The van der Waals surface area contributed by atoms with Crippen LogP contribution in [0.3, 0.4) is 0 Å². The fraction of sp³-hybridized carbons (Fsp3) is 0.333. The summed E-state index contributed by atoms with van der Waals surface area (Å²) in [5.41, 5.74) is 3.07. The van der Waals surface area contributed by atoms with E-state index in [1.165, 1.54) is 0 Å². The molecule has 214 valence electrons. The van der Waals surface area contributed by atoms with Crippen molar-refractivity contribution in [1.29, 1.82) is 0 Å². The number of benzene rings is 2. The van der Waals surface area contributed by atoms with Crippen molar-refractivity contribution in [2.45, 2.75) is 31.9 Å². The van der Waals surface area contributed by atoms with Gasteiger partial charge in [-0.3, -0.25) is 4.79 Å². The standard InChI is InChI=1S/C30H33BrN6O4/c1-17-3-4-26(22(31)11-17)41-16-20(38)14-33-23-5-8-32-29(39)27(23)28-34-24-12-18-15-37(19-6-9-36(2)10-7-19)30(40)21(18)13-25(24)35-28/h3-5,8,11-13,15,19-20,38,40H,6-7,9-10,14,16H2,1-2H3,(H,34,35)(H2,32,33,39)/t20-/m1/s1. The Labute approximate surface area is 245 Å². The number of pyridine rings is 1. The molecule has 0 spiro atoms. The first-order valence-corrected chi connectivity index (χ1v) is 14.5. The topological polar surface area (TPSA) is 131 Å². The van der Waals surface area contributed by atoms with E-state index < -0.39 is 6.10 Å². The molecular weight excluding hydrogens is 588 g/mol. The maximum atomic E-state index is 12.9. The van der Waals surface area contributed by atoms with Gasteiger partial charge in [-0.05, 0) is 91.7 Å². The molecule has 1 aliphatic heterocycles. The summed E-state index contributed by atoms with van der Waals surface area (Å²) < 4.78 is 8.57. The third-order valence-corrected chi connectivity index (χ3v) is 8.36. The van der Waals surface area contributed by atoms with Crippen LogP contribution in [-0.4, -0.2) is 74.0 Å². The quantitative estimate of drug-likeness (QED) is 0.169. The third-order valence-electron chi connectivity index (χ3n) is 7.74. The maximum Gasteiger partial charge on any atom is 0.261 e. The smallest absolute Gasteiger partial charge is 0.261 e. The Morgan fingerprint density at radius 1 is 1.22 bits per heavy atom. The average Bonchev–Trinajstić information content (AvgIpc) is 3.50. The van der Waals surface area contributed by atoms with Gasteiger partial charge in [0.2, 0.25) is 0 Å². The largest absolute Gasteiger partial charge is 0.494 e. The van der Waals surface area contributed by atoms with Gasteiger partial charge in [0.15, 0.2) is 5.88 Å². The van der Waals surface area contributed by atoms with Crippen LogP contribution in [-0.2, 0) is 0 Å². The van der Waals surface area contributed by atoms with Crippen molar-refractivity contribution >= 4 is 43.4 Å². The second-order valence-corrected chi connectivity index (χ2v) is 11.7. The molecule has 1 atom stereocenters. The van der Waals surface area contributed by atoms with Crippen molar-refractivity contribution in [2.24, 2.45) is 0 Å². The molecule has 0 saturated carbocycles. The van der Waals surface area contributed by atoms with E-state index in [1.807, 2.05) is 48.0 Å². The summed E-state index contributed by atoms with van der Waals surface area (Å²) in [5, 5.41) is 26.4. The molecule has 10 nitrogen and oxygen atoms in total. The number of rotatable bonds is 8. The highest BCUT2D eigenvalue weighted by molar-refractivity contribution is 9.10. The van der Waals surface area contributed by atoms with Gasteiger partial charge in [-0.15, -0.1) is 0 Å². The van der Waals surface area contributed by atoms with E-state index in [9.17, 15) is 15.0 Å². The Kier molecular flexibility index (Phi) is 7.50. The van der Waals surface area contributed by atoms with Crippen LogP contribution < -0.4 is 15.6 Å². The number of ether oxygens (including phenoxy) is 1. The molecule has 1 aliphatic rings. The lowest BCUT2D eigenvalue weighted by molar-refractivity contribution is 0.117. The van der Waals surface area contributed by atoms with Gasteiger partial charge in [0, 0.05) is 35.8 Å². The van der Waals surface area contributed by atoms with Crippen molar-refractivity contribution in [3.05, 3.63) is 69.2 Å². The van der Waals surface area contributed by atoms with E-state index >= 15 is 0 Å². The number of aliphatic hydroxyl groups is 1. The summed E-state index contributed by atoms with van der Waals surface area (Å²) in [6.45, 7) is 4.24. The number of imidazole rings is 1. The number of aromatic nitrogens is 4. The molecule has 1 saturated heterocycles. The monoisotopic (exact) mass is 620 g/mol. The molecule has 0 unspecified atom stereocenters. The van der Waals surface area contributed by atoms with Crippen molar-refractivity contribution in [2.75, 3.05) is 38.6 Å². The lowest BCUT2D eigenvalue weighted by Crippen LogP contribution is -2.31. The first-order chi connectivity index (χ1) is 19.8. The number of nitrogens with zero attached hydrogens (tertiary/aromatic N) is 3. The molecule has 5 N–H and O–H groups in total. The number of aryl methyl sites for hydroxylation is 1. The zero-order valence-electron chi connectivity index (χ0n) is 22.9. The molecule has 0 aliphatic carbocycles. The minimum absolute atomic E-state index is 0.0778. The van der Waals surface area contributed by atoms with Crippen molar-refractivity contribution in [3.63, 3.8) is 0 Å². The summed E-state index contributed by atoms with van der Waals surface area (Å²) >= 11 is 3.48. The summed E-state index contributed by atoms with van der Waals surface area (Å²) in [4.78, 5) is 25.9. The number of anilines is 1. The summed E-state index contributed by atoms with van der Waals surface area (Å²) in [6, 6.07) is 11.6. The van der Waals surface area contributed by atoms with Crippen LogP contribution in [0.15, 0.2) is 58.1 Å². The Bertz CT molecular complexity index is 1770. The van der Waals surface area contributed by atoms with Gasteiger partial charge in [0.1, 0.15) is 29.8 Å². The van der Waals surface area contributed by atoms with Crippen LogP contribution in [0.4, 0.5) is 5.69 Å². The van der Waals surface area contributed by atoms with Crippen LogP contribution in [0.1, 0.15) is 24.4 Å². The lowest BCUT2D eigenvalue weighted by Gasteiger charge is -2.30. The van der Waals surface area contributed by atoms with E-state index in [2.05, 4.69) is 43.2 Å². The third kappa shape index (κ3) is 5.57. The molecule has 0 bridgehead atoms. The molecule has 5 aromatic rings. The lowest BCUT2D eigenvalue weighted by atomic mass is 10.1. The van der Waals surface area contributed by atoms with Crippen LogP contribution >= 0.6 is 15.9 Å². The van der Waals surface area contributed by atoms with Crippen LogP contribution in [0.2, 0.25) is 0 Å². The number of likely N-dealkylation sites (tertiary alicyclic amines) is 1. The predicted octanol–water partition coefficient (Wildman–Crippen LogP) is 4.77. The number of halogens is 1. The SMILES string of the molecule is Cc1ccc(OC[C@H](O)CNc2cc[nH]c(=O)c2-c2nc3cc4c(O)n(C5CCN(C)CC5)cc4cc3[nH]2)c(Br)c1. The highest BCUT2D eigenvalue weighted by Gasteiger charge is 2.23. The van der Waals surface area contributed by atoms with E-state index in [4.69, 9.17) is 9.72 Å². The number of aromatic hydroxyl groups is 1. The average molecular weight is 622 g/mol. The summed E-state index contributed by atoms with van der Waals surface area (Å²) in [5.74, 6) is 1.29. The minimum Gasteiger partial charge on any atom is -0.494 e. The van der Waals surface area contributed by atoms with Crippen LogP contribution in [0.25, 0.3) is 33.2 Å². The van der Waals surface area contributed by atoms with Crippen LogP contribution in [0, 0.1) is 6.92 Å². The van der Waals surface area contributed by atoms with Gasteiger partial charge >= 0.3 is 0 Å². The molecule has 11 heteroatoms. The molecule has 3 aromatic heterocycles. The van der Waals surface area contributed by atoms with Crippen molar-refractivity contribution < 1.29 is 14.9 Å². The molecular formula is C30H33BrN6O4. The van der Waals surface area contributed by atoms with Crippen LogP contribution in [0.5, 0.6) is 11.6 Å². The number of hydrogen-bond acceptors (Lipinski definition) is 7. The Hall–Kier alpha value is -3.80. The molecule has 1 fully saturated rings. The van der Waals surface area contributed by atoms with Gasteiger partial charge in [-0.2, -0.15) is 0 Å². The minimum atomic E-state index is -0.824. The summed E-state index contributed by atoms with van der Waals surface area (Å²) in [7, 11) is 2.12. The molecule has 0 radical (unpaired) electrons. The highest BCUT2D eigenvalue weighted by Crippen LogP contribution is 2.36. The second-order valence-electron chi connectivity index (χ2n) is 10.8. The number of aliphatic hydroxyl groups excluding tert-OH is 1. The van der Waals surface area contributed by atoms with Gasteiger partial charge in [-0.1, -0.05) is 6.07 Å². The van der Waals surface area contributed by atoms with E-state index in [-0.39, 0.29) is 30.6 Å². The fourth-order valence-corrected chi connectivity index (χ4v) is 6.06. The molecule has 6 rings (SSSR count). The number of nitrogens with one attached hydrogen (secondary N) is 3. The van der Waals surface area contributed by atoms with Crippen molar-refractivity contribution in [3.8, 4) is 23.0 Å². The molecule has 4 heterocycles. The second kappa shape index (κ2) is 11.2.